The van der Waals surface area contributed by atoms with E-state index >= 15 is 0 Å². The number of amides is 1. The fourth-order valence-corrected chi connectivity index (χ4v) is 5.03. The van der Waals surface area contributed by atoms with Crippen LogP contribution in [-0.2, 0) is 16.1 Å². The lowest BCUT2D eigenvalue weighted by Crippen LogP contribution is -2.45. The molecule has 2 aliphatic heterocycles. The fraction of sp³-hybridized carbons (Fsp3) is 0.708. The van der Waals surface area contributed by atoms with Gasteiger partial charge in [0.15, 0.2) is 5.96 Å². The summed E-state index contributed by atoms with van der Waals surface area (Å²) >= 11 is 0. The third-order valence-corrected chi connectivity index (χ3v) is 6.85. The Hall–Kier alpha value is -2.35. The molecule has 32 heavy (non-hydrogen) atoms. The van der Waals surface area contributed by atoms with Crippen LogP contribution in [0.15, 0.2) is 23.3 Å². The number of pyridine rings is 1. The van der Waals surface area contributed by atoms with E-state index in [1.54, 1.807) is 7.05 Å². The molecule has 0 aromatic carbocycles. The zero-order valence-electron chi connectivity index (χ0n) is 19.6. The number of carbonyl (C=O) groups is 1. The first kappa shape index (κ1) is 22.8. The average Bonchev–Trinajstić information content (AvgIpc) is 3.30. The smallest absolute Gasteiger partial charge is 0.225 e. The Bertz CT molecular complexity index is 794. The van der Waals surface area contributed by atoms with Gasteiger partial charge >= 0.3 is 0 Å². The van der Waals surface area contributed by atoms with Gasteiger partial charge < -0.3 is 25.2 Å². The number of nitrogens with zero attached hydrogens (tertiary/aromatic N) is 4. The Kier molecular flexibility index (Phi) is 7.84. The van der Waals surface area contributed by atoms with Gasteiger partial charge in [-0.1, -0.05) is 19.3 Å². The predicted octanol–water partition coefficient (Wildman–Crippen LogP) is 2.15. The molecule has 1 aliphatic carbocycles. The fourth-order valence-electron chi connectivity index (χ4n) is 5.03. The molecule has 1 aromatic rings. The van der Waals surface area contributed by atoms with Crippen LogP contribution in [0.4, 0.5) is 5.82 Å². The van der Waals surface area contributed by atoms with Crippen LogP contribution >= 0.6 is 0 Å². The number of likely N-dealkylation sites (tertiary alicyclic amines) is 1. The number of anilines is 1. The molecule has 176 valence electrons. The van der Waals surface area contributed by atoms with Gasteiger partial charge in [0.1, 0.15) is 5.82 Å². The minimum absolute atomic E-state index is 0.228. The SMILES string of the molecule is CN=C(NCc1ccnc(N2CCOC(C)C2)c1)NC1CCN(C(=O)C2CCCCC2)C1. The van der Waals surface area contributed by atoms with Gasteiger partial charge in [-0.3, -0.25) is 9.79 Å². The molecular weight excluding hydrogens is 404 g/mol. The largest absolute Gasteiger partial charge is 0.375 e. The molecule has 1 aromatic heterocycles. The molecule has 2 unspecified atom stereocenters. The van der Waals surface area contributed by atoms with Crippen molar-refractivity contribution in [3.05, 3.63) is 23.9 Å². The van der Waals surface area contributed by atoms with Crippen LogP contribution in [0.25, 0.3) is 0 Å². The van der Waals surface area contributed by atoms with Crippen LogP contribution in [0.3, 0.4) is 0 Å². The van der Waals surface area contributed by atoms with E-state index < -0.39 is 0 Å². The summed E-state index contributed by atoms with van der Waals surface area (Å²) in [4.78, 5) is 26.1. The minimum atomic E-state index is 0.228. The van der Waals surface area contributed by atoms with Gasteiger partial charge in [0, 0.05) is 57.9 Å². The number of ether oxygens (including phenoxy) is 1. The summed E-state index contributed by atoms with van der Waals surface area (Å²) in [7, 11) is 1.79. The first-order chi connectivity index (χ1) is 15.6. The number of rotatable bonds is 5. The highest BCUT2D eigenvalue weighted by atomic mass is 16.5. The van der Waals surface area contributed by atoms with Crippen LogP contribution in [0.2, 0.25) is 0 Å². The third-order valence-electron chi connectivity index (χ3n) is 6.85. The summed E-state index contributed by atoms with van der Waals surface area (Å²) in [5.74, 6) is 2.38. The van der Waals surface area contributed by atoms with Gasteiger partial charge in [0.25, 0.3) is 0 Å². The van der Waals surface area contributed by atoms with Crippen LogP contribution in [0.1, 0.15) is 51.0 Å². The van der Waals surface area contributed by atoms with E-state index in [9.17, 15) is 4.79 Å². The summed E-state index contributed by atoms with van der Waals surface area (Å²) in [6, 6.07) is 4.42. The molecule has 0 radical (unpaired) electrons. The van der Waals surface area contributed by atoms with Crippen LogP contribution in [0, 0.1) is 5.92 Å². The summed E-state index contributed by atoms with van der Waals surface area (Å²) in [6.07, 6.45) is 8.87. The Morgan fingerprint density at radius 1 is 1.22 bits per heavy atom. The highest BCUT2D eigenvalue weighted by Gasteiger charge is 2.31. The van der Waals surface area contributed by atoms with Gasteiger partial charge in [-0.2, -0.15) is 0 Å². The molecule has 8 heteroatoms. The monoisotopic (exact) mass is 442 g/mol. The number of nitrogens with one attached hydrogen (secondary N) is 2. The van der Waals surface area contributed by atoms with Gasteiger partial charge in [0.05, 0.1) is 12.7 Å². The first-order valence-corrected chi connectivity index (χ1v) is 12.2. The molecule has 2 saturated heterocycles. The molecule has 3 heterocycles. The van der Waals surface area contributed by atoms with Gasteiger partial charge in [0.2, 0.25) is 5.91 Å². The van der Waals surface area contributed by atoms with Gasteiger partial charge in [-0.15, -0.1) is 0 Å². The Morgan fingerprint density at radius 2 is 2.06 bits per heavy atom. The van der Waals surface area contributed by atoms with E-state index in [4.69, 9.17) is 4.74 Å². The molecule has 3 aliphatic rings. The molecule has 3 fully saturated rings. The molecule has 8 nitrogen and oxygen atoms in total. The third kappa shape index (κ3) is 5.91. The van der Waals surface area contributed by atoms with Crippen molar-refractivity contribution in [2.24, 2.45) is 10.9 Å². The van der Waals surface area contributed by atoms with Gasteiger partial charge in [-0.25, -0.2) is 4.98 Å². The summed E-state index contributed by atoms with van der Waals surface area (Å²) in [5, 5.41) is 6.93. The number of aromatic nitrogens is 1. The van der Waals surface area contributed by atoms with E-state index in [0.717, 1.165) is 69.4 Å². The zero-order chi connectivity index (χ0) is 22.3. The zero-order valence-corrected chi connectivity index (χ0v) is 19.6. The second-order valence-electron chi connectivity index (χ2n) is 9.32. The van der Waals surface area contributed by atoms with Crippen molar-refractivity contribution >= 4 is 17.7 Å². The van der Waals surface area contributed by atoms with Crippen molar-refractivity contribution in [1.29, 1.82) is 0 Å². The second-order valence-corrected chi connectivity index (χ2v) is 9.32. The predicted molar refractivity (Wildman–Crippen MR) is 127 cm³/mol. The molecule has 0 bridgehead atoms. The molecule has 0 spiro atoms. The maximum Gasteiger partial charge on any atom is 0.225 e. The van der Waals surface area contributed by atoms with Gasteiger partial charge in [-0.05, 0) is 43.9 Å². The lowest BCUT2D eigenvalue weighted by atomic mass is 9.88. The molecular formula is C24H38N6O2. The van der Waals surface area contributed by atoms with Crippen molar-refractivity contribution in [3.63, 3.8) is 0 Å². The lowest BCUT2D eigenvalue weighted by molar-refractivity contribution is -0.135. The van der Waals surface area contributed by atoms with Crippen LogP contribution in [-0.4, -0.2) is 73.7 Å². The number of hydrogen-bond acceptors (Lipinski definition) is 5. The minimum Gasteiger partial charge on any atom is -0.375 e. The summed E-state index contributed by atoms with van der Waals surface area (Å²) in [6.45, 7) is 6.86. The highest BCUT2D eigenvalue weighted by molar-refractivity contribution is 5.81. The average molecular weight is 443 g/mol. The standard InChI is InChI=1S/C24H38N6O2/c1-18-16-29(12-13-32-18)22-14-19(8-10-26-22)15-27-24(25-2)28-21-9-11-30(17-21)23(31)20-6-4-3-5-7-20/h8,10,14,18,20-21H,3-7,9,11-13,15-17H2,1-2H3,(H2,25,27,28). The van der Waals surface area contributed by atoms with Crippen molar-refractivity contribution < 1.29 is 9.53 Å². The first-order valence-electron chi connectivity index (χ1n) is 12.2. The van der Waals surface area contributed by atoms with E-state index in [2.05, 4.69) is 43.4 Å². The van der Waals surface area contributed by atoms with Crippen molar-refractivity contribution in [2.45, 2.75) is 64.1 Å². The number of hydrogen-bond donors (Lipinski definition) is 2. The maximum absolute atomic E-state index is 12.8. The molecule has 2 N–H and O–H groups in total. The Balaban J connectivity index is 1.26. The van der Waals surface area contributed by atoms with E-state index in [-0.39, 0.29) is 18.1 Å². The van der Waals surface area contributed by atoms with E-state index in [0.29, 0.717) is 12.5 Å². The summed E-state index contributed by atoms with van der Waals surface area (Å²) < 4.78 is 5.64. The topological polar surface area (TPSA) is 82.1 Å². The summed E-state index contributed by atoms with van der Waals surface area (Å²) in [5.41, 5.74) is 1.16. The van der Waals surface area contributed by atoms with Crippen molar-refractivity contribution in [1.82, 2.24) is 20.5 Å². The van der Waals surface area contributed by atoms with Crippen LogP contribution in [0.5, 0.6) is 0 Å². The number of morpholine rings is 1. The second kappa shape index (κ2) is 11.0. The van der Waals surface area contributed by atoms with E-state index in [1.165, 1.54) is 19.3 Å². The normalized spacial score (nSPS) is 25.1. The molecule has 2 atom stereocenters. The molecule has 4 rings (SSSR count). The lowest BCUT2D eigenvalue weighted by Gasteiger charge is -2.32. The quantitative estimate of drug-likeness (QED) is 0.537. The van der Waals surface area contributed by atoms with Crippen molar-refractivity contribution in [2.75, 3.05) is 44.7 Å². The Morgan fingerprint density at radius 3 is 2.84 bits per heavy atom. The number of guanidine groups is 1. The number of carbonyl (C=O) groups excluding carboxylic acids is 1. The maximum atomic E-state index is 12.8. The van der Waals surface area contributed by atoms with E-state index in [1.807, 2.05) is 12.3 Å². The van der Waals surface area contributed by atoms with Crippen molar-refractivity contribution in [3.8, 4) is 0 Å². The molecule has 1 amide bonds. The molecule has 1 saturated carbocycles. The number of aliphatic imine (C=N–C) groups is 1. The Labute approximate surface area is 191 Å². The van der Waals surface area contributed by atoms with Crippen LogP contribution < -0.4 is 15.5 Å². The highest BCUT2D eigenvalue weighted by Crippen LogP contribution is 2.26.